The lowest BCUT2D eigenvalue weighted by Crippen LogP contribution is -2.45. The molecule has 0 rings (SSSR count). The quantitative estimate of drug-likeness (QED) is 0.500. The van der Waals surface area contributed by atoms with Crippen molar-refractivity contribution < 1.29 is 22.4 Å². The van der Waals surface area contributed by atoms with Gasteiger partial charge in [-0.2, -0.15) is 0 Å². The third kappa shape index (κ3) is 5.47. The number of carbonyl (C=O) groups is 1. The van der Waals surface area contributed by atoms with Gasteiger partial charge in [0.2, 0.25) is 5.91 Å². The number of hydrogen-bond acceptors (Lipinski definition) is 1. The van der Waals surface area contributed by atoms with Crippen molar-refractivity contribution in [1.29, 1.82) is 0 Å². The molecule has 0 aromatic heterocycles. The van der Waals surface area contributed by atoms with E-state index in [-0.39, 0.29) is 31.6 Å². The van der Waals surface area contributed by atoms with E-state index in [1.807, 2.05) is 0 Å². The Kier molecular flexibility index (Phi) is 10.4. The maximum atomic E-state index is 12.9. The first-order valence-electron chi connectivity index (χ1n) is 7.59. The molecule has 0 saturated carbocycles. The molecule has 0 heterocycles. The van der Waals surface area contributed by atoms with Crippen LogP contribution < -0.4 is 0 Å². The summed E-state index contributed by atoms with van der Waals surface area (Å²) in [5, 5.41) is 0. The summed E-state index contributed by atoms with van der Waals surface area (Å²) in [6.45, 7) is 1.38. The molecule has 0 aromatic rings. The van der Waals surface area contributed by atoms with Gasteiger partial charge >= 0.3 is 0 Å². The zero-order valence-corrected chi connectivity index (χ0v) is 13.0. The lowest BCUT2D eigenvalue weighted by Gasteiger charge is -2.40. The van der Waals surface area contributed by atoms with Crippen LogP contribution in [0, 0.1) is 11.3 Å². The number of carbonyl (C=O) groups excluding carboxylic acids is 1. The van der Waals surface area contributed by atoms with Crippen molar-refractivity contribution in [2.24, 2.45) is 11.3 Å². The van der Waals surface area contributed by atoms with Crippen molar-refractivity contribution in [2.75, 3.05) is 39.8 Å². The predicted octanol–water partition coefficient (Wildman–Crippen LogP) is 3.90. The van der Waals surface area contributed by atoms with Gasteiger partial charge in [0.25, 0.3) is 0 Å². The molecule has 21 heavy (non-hydrogen) atoms. The third-order valence-corrected chi connectivity index (χ3v) is 4.29. The molecule has 0 fully saturated rings. The molecule has 0 bridgehead atoms. The summed E-state index contributed by atoms with van der Waals surface area (Å²) in [6.07, 6.45) is -0.453. The Labute approximate surface area is 124 Å². The van der Waals surface area contributed by atoms with Crippen LogP contribution in [0.4, 0.5) is 17.6 Å². The van der Waals surface area contributed by atoms with Crippen LogP contribution in [0.1, 0.15) is 39.5 Å². The number of hydrogen-bond donors (Lipinski definition) is 0. The van der Waals surface area contributed by atoms with Crippen LogP contribution in [-0.2, 0) is 4.79 Å². The first-order valence-corrected chi connectivity index (χ1v) is 7.59. The molecular formula is C15H27F4NO. The smallest absolute Gasteiger partial charge is 0.226 e. The van der Waals surface area contributed by atoms with E-state index in [9.17, 15) is 22.4 Å². The average molecular weight is 313 g/mol. The van der Waals surface area contributed by atoms with E-state index in [0.717, 1.165) is 0 Å². The predicted molar refractivity (Wildman–Crippen MR) is 76.2 cm³/mol. The molecule has 0 N–H and O–H groups in total. The van der Waals surface area contributed by atoms with Crippen molar-refractivity contribution in [3.63, 3.8) is 0 Å². The normalized spacial score (nSPS) is 13.2. The summed E-state index contributed by atoms with van der Waals surface area (Å²) in [5.41, 5.74) is -1.13. The Balaban J connectivity index is 5.50. The minimum atomic E-state index is -1.13. The van der Waals surface area contributed by atoms with E-state index in [1.54, 1.807) is 13.8 Å². The Morgan fingerprint density at radius 3 is 1.62 bits per heavy atom. The Hall–Kier alpha value is -0.810. The van der Waals surface area contributed by atoms with Gasteiger partial charge in [-0.1, -0.05) is 0 Å². The van der Waals surface area contributed by atoms with Gasteiger partial charge in [0.05, 0.1) is 26.7 Å². The second-order valence-corrected chi connectivity index (χ2v) is 5.22. The summed E-state index contributed by atoms with van der Waals surface area (Å²) < 4.78 is 51.6. The standard InChI is InChI=1S/C15H27F4NO/c1-3-20(4-2)14(21)13(5-9-16)15(6-10-17,7-11-18)8-12-19/h13H,3-12H2,1-2H3. The van der Waals surface area contributed by atoms with E-state index < -0.39 is 38.0 Å². The lowest BCUT2D eigenvalue weighted by molar-refractivity contribution is -0.141. The van der Waals surface area contributed by atoms with Gasteiger partial charge in [-0.3, -0.25) is 22.4 Å². The summed E-state index contributed by atoms with van der Waals surface area (Å²) >= 11 is 0. The van der Waals surface area contributed by atoms with Gasteiger partial charge in [0.15, 0.2) is 0 Å². The van der Waals surface area contributed by atoms with Crippen molar-refractivity contribution >= 4 is 5.91 Å². The summed E-state index contributed by atoms with van der Waals surface area (Å²) in [6, 6.07) is 0. The number of nitrogens with zero attached hydrogens (tertiary/aromatic N) is 1. The topological polar surface area (TPSA) is 20.3 Å². The molecule has 2 nitrogen and oxygen atoms in total. The highest BCUT2D eigenvalue weighted by Gasteiger charge is 2.43. The molecule has 6 heteroatoms. The molecule has 0 aliphatic carbocycles. The number of alkyl halides is 4. The minimum absolute atomic E-state index is 0.113. The average Bonchev–Trinajstić information content (AvgIpc) is 2.46. The van der Waals surface area contributed by atoms with Gasteiger partial charge in [-0.05, 0) is 44.9 Å². The monoisotopic (exact) mass is 313 g/mol. The number of halogens is 4. The van der Waals surface area contributed by atoms with Gasteiger partial charge in [-0.25, -0.2) is 0 Å². The molecule has 0 aliphatic heterocycles. The Bertz CT molecular complexity index is 268. The van der Waals surface area contributed by atoms with Crippen molar-refractivity contribution in [2.45, 2.75) is 39.5 Å². The van der Waals surface area contributed by atoms with Crippen molar-refractivity contribution in [3.8, 4) is 0 Å². The first-order chi connectivity index (χ1) is 10.1. The van der Waals surface area contributed by atoms with E-state index >= 15 is 0 Å². The molecule has 0 aliphatic rings. The summed E-state index contributed by atoms with van der Waals surface area (Å²) in [7, 11) is 0. The highest BCUT2D eigenvalue weighted by atomic mass is 19.1. The Morgan fingerprint density at radius 1 is 0.905 bits per heavy atom. The molecular weight excluding hydrogens is 286 g/mol. The van der Waals surface area contributed by atoms with Crippen LogP contribution in [0.2, 0.25) is 0 Å². The molecule has 1 unspecified atom stereocenters. The fourth-order valence-corrected chi connectivity index (χ4v) is 3.02. The van der Waals surface area contributed by atoms with E-state index in [2.05, 4.69) is 0 Å². The molecule has 0 radical (unpaired) electrons. The fraction of sp³-hybridized carbons (Fsp3) is 0.933. The molecule has 1 atom stereocenters. The second kappa shape index (κ2) is 10.9. The lowest BCUT2D eigenvalue weighted by atomic mass is 9.67. The first kappa shape index (κ1) is 20.2. The van der Waals surface area contributed by atoms with Gasteiger partial charge < -0.3 is 4.90 Å². The minimum Gasteiger partial charge on any atom is -0.343 e. The van der Waals surface area contributed by atoms with Crippen LogP contribution in [0.3, 0.4) is 0 Å². The highest BCUT2D eigenvalue weighted by molar-refractivity contribution is 5.79. The maximum Gasteiger partial charge on any atom is 0.226 e. The van der Waals surface area contributed by atoms with E-state index in [1.165, 1.54) is 4.90 Å². The van der Waals surface area contributed by atoms with Gasteiger partial charge in [-0.15, -0.1) is 0 Å². The van der Waals surface area contributed by atoms with Crippen LogP contribution in [0.15, 0.2) is 0 Å². The molecule has 1 amide bonds. The van der Waals surface area contributed by atoms with Crippen LogP contribution in [0.5, 0.6) is 0 Å². The van der Waals surface area contributed by atoms with E-state index in [0.29, 0.717) is 13.1 Å². The summed E-state index contributed by atoms with van der Waals surface area (Å²) in [5.74, 6) is -1.20. The fourth-order valence-electron chi connectivity index (χ4n) is 3.02. The van der Waals surface area contributed by atoms with Crippen molar-refractivity contribution in [1.82, 2.24) is 4.90 Å². The Morgan fingerprint density at radius 2 is 1.33 bits per heavy atom. The SMILES string of the molecule is CCN(CC)C(=O)C(CCF)C(CCF)(CCF)CCF. The summed E-state index contributed by atoms with van der Waals surface area (Å²) in [4.78, 5) is 14.1. The molecule has 126 valence electrons. The number of rotatable bonds is 12. The third-order valence-electron chi connectivity index (χ3n) is 4.29. The highest BCUT2D eigenvalue weighted by Crippen LogP contribution is 2.42. The molecule has 0 saturated heterocycles. The van der Waals surface area contributed by atoms with Crippen LogP contribution >= 0.6 is 0 Å². The van der Waals surface area contributed by atoms with Crippen molar-refractivity contribution in [3.05, 3.63) is 0 Å². The second-order valence-electron chi connectivity index (χ2n) is 5.22. The van der Waals surface area contributed by atoms with Crippen LogP contribution in [0.25, 0.3) is 0 Å². The largest absolute Gasteiger partial charge is 0.343 e. The zero-order valence-electron chi connectivity index (χ0n) is 13.0. The maximum absolute atomic E-state index is 12.9. The molecule has 0 spiro atoms. The zero-order chi connectivity index (χ0) is 16.3. The van der Waals surface area contributed by atoms with Gasteiger partial charge in [0, 0.05) is 19.0 Å². The number of amides is 1. The molecule has 0 aromatic carbocycles. The van der Waals surface area contributed by atoms with Crippen LogP contribution in [-0.4, -0.2) is 50.6 Å². The van der Waals surface area contributed by atoms with Gasteiger partial charge in [0.1, 0.15) is 0 Å². The van der Waals surface area contributed by atoms with E-state index in [4.69, 9.17) is 0 Å².